The van der Waals surface area contributed by atoms with Gasteiger partial charge in [0.25, 0.3) is 0 Å². The van der Waals surface area contributed by atoms with Crippen LogP contribution < -0.4 is 5.32 Å². The fraction of sp³-hybridized carbons (Fsp3) is 0.545. The normalized spacial score (nSPS) is 11.6. The second-order valence-electron chi connectivity index (χ2n) is 4.02. The van der Waals surface area contributed by atoms with E-state index in [4.69, 9.17) is 5.11 Å². The van der Waals surface area contributed by atoms with Crippen molar-refractivity contribution in [3.63, 3.8) is 0 Å². The maximum atomic E-state index is 8.66. The monoisotopic (exact) mass is 194 g/mol. The first kappa shape index (κ1) is 11.1. The molecule has 0 fully saturated rings. The van der Waals surface area contributed by atoms with E-state index in [9.17, 15) is 0 Å². The van der Waals surface area contributed by atoms with Crippen molar-refractivity contribution < 1.29 is 5.11 Å². The van der Waals surface area contributed by atoms with Gasteiger partial charge in [0.15, 0.2) is 0 Å². The molecule has 0 unspecified atom stereocenters. The summed E-state index contributed by atoms with van der Waals surface area (Å²) in [6.07, 6.45) is 3.62. The summed E-state index contributed by atoms with van der Waals surface area (Å²) < 4.78 is 0. The minimum absolute atomic E-state index is 0.0815. The third-order valence-corrected chi connectivity index (χ3v) is 2.32. The van der Waals surface area contributed by atoms with Gasteiger partial charge in [0, 0.05) is 30.9 Å². The van der Waals surface area contributed by atoms with Crippen LogP contribution in [-0.2, 0) is 5.41 Å². The largest absolute Gasteiger partial charge is 0.395 e. The van der Waals surface area contributed by atoms with Gasteiger partial charge in [-0.1, -0.05) is 13.8 Å². The Morgan fingerprint density at radius 1 is 1.36 bits per heavy atom. The Kier molecular flexibility index (Phi) is 4.04. The number of aliphatic hydroxyl groups is 1. The van der Waals surface area contributed by atoms with Gasteiger partial charge in [-0.15, -0.1) is 0 Å². The number of nitrogens with one attached hydrogen (secondary N) is 1. The lowest BCUT2D eigenvalue weighted by atomic mass is 9.85. The van der Waals surface area contributed by atoms with Gasteiger partial charge in [-0.2, -0.15) is 0 Å². The van der Waals surface area contributed by atoms with Gasteiger partial charge >= 0.3 is 0 Å². The average Bonchev–Trinajstić information content (AvgIpc) is 2.19. The number of hydrogen-bond acceptors (Lipinski definition) is 3. The first-order valence-electron chi connectivity index (χ1n) is 4.89. The van der Waals surface area contributed by atoms with E-state index in [2.05, 4.69) is 24.1 Å². The molecule has 14 heavy (non-hydrogen) atoms. The number of pyridine rings is 1. The first-order chi connectivity index (χ1) is 6.67. The molecule has 2 N–H and O–H groups in total. The molecule has 0 saturated carbocycles. The van der Waals surface area contributed by atoms with Crippen molar-refractivity contribution in [1.82, 2.24) is 10.3 Å². The summed E-state index contributed by atoms with van der Waals surface area (Å²) in [7, 11) is 0. The standard InChI is InChI=1S/C11H18N2O/c1-11(2,9-13-7-8-14)10-3-5-12-6-4-10/h3-6,13-14H,7-9H2,1-2H3. The molecule has 1 rings (SSSR count). The predicted molar refractivity (Wildman–Crippen MR) is 57.2 cm³/mol. The molecule has 1 aromatic rings. The molecule has 0 aliphatic heterocycles. The highest BCUT2D eigenvalue weighted by atomic mass is 16.3. The van der Waals surface area contributed by atoms with Crippen LogP contribution in [0.1, 0.15) is 19.4 Å². The zero-order chi connectivity index (χ0) is 10.4. The molecule has 0 atom stereocenters. The SMILES string of the molecule is CC(C)(CNCCO)c1ccncc1. The van der Waals surface area contributed by atoms with Crippen molar-refractivity contribution >= 4 is 0 Å². The number of nitrogens with zero attached hydrogens (tertiary/aromatic N) is 1. The Morgan fingerprint density at radius 2 is 2.00 bits per heavy atom. The third-order valence-electron chi connectivity index (χ3n) is 2.32. The molecule has 0 amide bonds. The topological polar surface area (TPSA) is 45.1 Å². The zero-order valence-electron chi connectivity index (χ0n) is 8.83. The number of rotatable bonds is 5. The molecule has 0 bridgehead atoms. The molecule has 0 saturated heterocycles. The molecule has 0 aromatic carbocycles. The third kappa shape index (κ3) is 3.09. The van der Waals surface area contributed by atoms with E-state index in [1.165, 1.54) is 5.56 Å². The lowest BCUT2D eigenvalue weighted by Crippen LogP contribution is -2.34. The van der Waals surface area contributed by atoms with Gasteiger partial charge in [-0.05, 0) is 17.7 Å². The van der Waals surface area contributed by atoms with Crippen molar-refractivity contribution in [3.05, 3.63) is 30.1 Å². The molecular formula is C11H18N2O. The summed E-state index contributed by atoms with van der Waals surface area (Å²) in [6, 6.07) is 4.06. The van der Waals surface area contributed by atoms with Crippen LogP contribution in [0.3, 0.4) is 0 Å². The summed E-state index contributed by atoms with van der Waals surface area (Å²) in [6.45, 7) is 6.04. The van der Waals surface area contributed by atoms with E-state index >= 15 is 0 Å². The number of hydrogen-bond donors (Lipinski definition) is 2. The number of aliphatic hydroxyl groups excluding tert-OH is 1. The van der Waals surface area contributed by atoms with Crippen LogP contribution in [0, 0.1) is 0 Å². The Balaban J connectivity index is 2.56. The maximum Gasteiger partial charge on any atom is 0.0555 e. The average molecular weight is 194 g/mol. The van der Waals surface area contributed by atoms with E-state index in [0.29, 0.717) is 6.54 Å². The van der Waals surface area contributed by atoms with Crippen molar-refractivity contribution in [1.29, 1.82) is 0 Å². The summed E-state index contributed by atoms with van der Waals surface area (Å²) in [5.74, 6) is 0. The predicted octanol–water partition coefficient (Wildman–Crippen LogP) is 0.941. The van der Waals surface area contributed by atoms with Gasteiger partial charge in [0.1, 0.15) is 0 Å². The van der Waals surface area contributed by atoms with Crippen molar-refractivity contribution in [3.8, 4) is 0 Å². The summed E-state index contributed by atoms with van der Waals surface area (Å²) in [5.41, 5.74) is 1.34. The van der Waals surface area contributed by atoms with Crippen LogP contribution in [0.5, 0.6) is 0 Å². The van der Waals surface area contributed by atoms with Crippen LogP contribution in [0.15, 0.2) is 24.5 Å². The number of aromatic nitrogens is 1. The van der Waals surface area contributed by atoms with Crippen molar-refractivity contribution in [2.45, 2.75) is 19.3 Å². The Labute approximate surface area is 85.2 Å². The Hall–Kier alpha value is -0.930. The van der Waals surface area contributed by atoms with Gasteiger partial charge in [-0.25, -0.2) is 0 Å². The van der Waals surface area contributed by atoms with E-state index in [1.807, 2.05) is 24.5 Å². The molecule has 0 aliphatic carbocycles. The van der Waals surface area contributed by atoms with Gasteiger partial charge in [-0.3, -0.25) is 4.98 Å². The second-order valence-corrected chi connectivity index (χ2v) is 4.02. The molecule has 3 heteroatoms. The van der Waals surface area contributed by atoms with Crippen LogP contribution in [0.4, 0.5) is 0 Å². The molecule has 0 aliphatic rings. The van der Waals surface area contributed by atoms with Gasteiger partial charge in [0.2, 0.25) is 0 Å². The smallest absolute Gasteiger partial charge is 0.0555 e. The highest BCUT2D eigenvalue weighted by Gasteiger charge is 2.19. The molecule has 0 spiro atoms. The van der Waals surface area contributed by atoms with Crippen LogP contribution in [0.25, 0.3) is 0 Å². The quantitative estimate of drug-likeness (QED) is 0.686. The Morgan fingerprint density at radius 3 is 2.57 bits per heavy atom. The summed E-state index contributed by atoms with van der Waals surface area (Å²) in [4.78, 5) is 3.99. The summed E-state index contributed by atoms with van der Waals surface area (Å²) >= 11 is 0. The highest BCUT2D eigenvalue weighted by molar-refractivity contribution is 5.20. The molecule has 78 valence electrons. The van der Waals surface area contributed by atoms with Crippen molar-refractivity contribution in [2.75, 3.05) is 19.7 Å². The molecular weight excluding hydrogens is 176 g/mol. The van der Waals surface area contributed by atoms with Gasteiger partial charge in [0.05, 0.1) is 6.61 Å². The fourth-order valence-electron chi connectivity index (χ4n) is 1.39. The molecule has 3 nitrogen and oxygen atoms in total. The van der Waals surface area contributed by atoms with Crippen LogP contribution >= 0.6 is 0 Å². The maximum absolute atomic E-state index is 8.66. The van der Waals surface area contributed by atoms with E-state index in [-0.39, 0.29) is 12.0 Å². The van der Waals surface area contributed by atoms with E-state index in [1.54, 1.807) is 0 Å². The van der Waals surface area contributed by atoms with E-state index in [0.717, 1.165) is 6.54 Å². The minimum atomic E-state index is 0.0815. The second kappa shape index (κ2) is 5.08. The van der Waals surface area contributed by atoms with Crippen LogP contribution in [-0.4, -0.2) is 29.8 Å². The first-order valence-corrected chi connectivity index (χ1v) is 4.89. The minimum Gasteiger partial charge on any atom is -0.395 e. The molecule has 0 radical (unpaired) electrons. The van der Waals surface area contributed by atoms with Gasteiger partial charge < -0.3 is 10.4 Å². The van der Waals surface area contributed by atoms with Crippen LogP contribution in [0.2, 0.25) is 0 Å². The molecule has 1 aromatic heterocycles. The lowest BCUT2D eigenvalue weighted by Gasteiger charge is -2.25. The Bertz CT molecular complexity index is 259. The fourth-order valence-corrected chi connectivity index (χ4v) is 1.39. The zero-order valence-corrected chi connectivity index (χ0v) is 8.83. The molecule has 1 heterocycles. The van der Waals surface area contributed by atoms with E-state index < -0.39 is 0 Å². The highest BCUT2D eigenvalue weighted by Crippen LogP contribution is 2.20. The van der Waals surface area contributed by atoms with Crippen molar-refractivity contribution in [2.24, 2.45) is 0 Å². The lowest BCUT2D eigenvalue weighted by molar-refractivity contribution is 0.286. The summed E-state index contributed by atoms with van der Waals surface area (Å²) in [5, 5.41) is 11.9.